The molecule has 0 aliphatic carbocycles. The third-order valence-corrected chi connectivity index (χ3v) is 9.08. The van der Waals surface area contributed by atoms with Gasteiger partial charge in [-0.15, -0.1) is 18.3 Å². The van der Waals surface area contributed by atoms with Gasteiger partial charge in [-0.05, 0) is 36.1 Å². The number of carbonyl (C=O) groups excluding carboxylic acids is 2. The molecule has 266 valence electrons. The minimum Gasteiger partial charge on any atom is -0.406 e. The highest BCUT2D eigenvalue weighted by molar-refractivity contribution is 8.13. The second-order valence-corrected chi connectivity index (χ2v) is 12.3. The summed E-state index contributed by atoms with van der Waals surface area (Å²) in [7, 11) is -4.49. The first-order valence-electron chi connectivity index (χ1n) is 14.5. The predicted molar refractivity (Wildman–Crippen MR) is 171 cm³/mol. The molecule has 3 amide bonds. The summed E-state index contributed by atoms with van der Waals surface area (Å²) in [6, 6.07) is 6.40. The van der Waals surface area contributed by atoms with E-state index in [1.807, 2.05) is 13.8 Å². The molecule has 0 spiro atoms. The molecule has 1 fully saturated rings. The first-order chi connectivity index (χ1) is 22.6. The fourth-order valence-electron chi connectivity index (χ4n) is 4.20. The molecule has 0 aromatic heterocycles. The number of urea groups is 1. The third-order valence-electron chi connectivity index (χ3n) is 6.59. The number of amidine groups is 1. The normalized spacial score (nSPS) is 16.2. The Morgan fingerprint density at radius 3 is 2.23 bits per heavy atom. The van der Waals surface area contributed by atoms with Crippen LogP contribution in [0.1, 0.15) is 38.3 Å². The van der Waals surface area contributed by atoms with Crippen LogP contribution in [0.4, 0.5) is 26.7 Å². The number of piperazine rings is 1. The summed E-state index contributed by atoms with van der Waals surface area (Å²) >= 11 is 1.02. The number of nitrogens with zero attached hydrogens (tertiary/aromatic N) is 4. The number of rotatable bonds is 10. The van der Waals surface area contributed by atoms with Gasteiger partial charge in [-0.1, -0.05) is 56.8 Å². The molecule has 1 atom stereocenters. The molecule has 3 N–H and O–H groups in total. The average molecular weight is 725 g/mol. The molecule has 0 saturated carbocycles. The molecule has 3 rings (SSSR count). The summed E-state index contributed by atoms with van der Waals surface area (Å²) < 4.78 is 97.6. The molecule has 1 aliphatic heterocycles. The monoisotopic (exact) mass is 724 g/mol. The van der Waals surface area contributed by atoms with E-state index in [1.54, 1.807) is 6.26 Å². The van der Waals surface area contributed by atoms with Crippen molar-refractivity contribution in [3.05, 3.63) is 59.7 Å². The predicted octanol–water partition coefficient (Wildman–Crippen LogP) is 4.51. The van der Waals surface area contributed by atoms with Crippen molar-refractivity contribution in [3.63, 3.8) is 0 Å². The third kappa shape index (κ3) is 11.4. The maximum absolute atomic E-state index is 14.0. The Morgan fingerprint density at radius 1 is 1.06 bits per heavy atom. The van der Waals surface area contributed by atoms with E-state index in [9.17, 15) is 40.0 Å². The van der Waals surface area contributed by atoms with Crippen molar-refractivity contribution in [2.24, 2.45) is 10.2 Å². The van der Waals surface area contributed by atoms with Crippen LogP contribution in [-0.2, 0) is 27.3 Å². The molecule has 48 heavy (non-hydrogen) atoms. The fourth-order valence-corrected chi connectivity index (χ4v) is 6.08. The molecular weight excluding hydrogens is 687 g/mol. The number of hydrogen-bond donors (Lipinski definition) is 3. The highest BCUT2D eigenvalue weighted by Crippen LogP contribution is 2.31. The number of carbonyl (C=O) groups is 2. The van der Waals surface area contributed by atoms with E-state index >= 15 is 0 Å². The summed E-state index contributed by atoms with van der Waals surface area (Å²) in [5.41, 5.74) is 0.228. The number of amides is 3. The van der Waals surface area contributed by atoms with Crippen molar-refractivity contribution < 1.29 is 49.8 Å². The van der Waals surface area contributed by atoms with Crippen molar-refractivity contribution in [1.29, 1.82) is 0 Å². The lowest BCUT2D eigenvalue weighted by Crippen LogP contribution is -2.62. The SMILES string of the molecule is CC.CCC(F)(F)c1ccc(CNC(=O)[C@H]2CN(C(=O)N/C(=N/N=C/CO)SC)CCN2S(=O)(=O)c2ccc(OC(F)(F)F)cc2)cc1. The van der Waals surface area contributed by atoms with E-state index in [0.29, 0.717) is 5.56 Å². The van der Waals surface area contributed by atoms with Crippen molar-refractivity contribution >= 4 is 45.1 Å². The molecule has 0 bridgehead atoms. The number of thioether (sulfide) groups is 1. The van der Waals surface area contributed by atoms with E-state index in [2.05, 4.69) is 25.6 Å². The molecule has 1 aliphatic rings. The van der Waals surface area contributed by atoms with Crippen molar-refractivity contribution in [3.8, 4) is 5.75 Å². The van der Waals surface area contributed by atoms with Crippen LogP contribution in [0.25, 0.3) is 0 Å². The Morgan fingerprint density at radius 2 is 1.69 bits per heavy atom. The van der Waals surface area contributed by atoms with Crippen LogP contribution in [0.2, 0.25) is 0 Å². The van der Waals surface area contributed by atoms with Gasteiger partial charge in [0.15, 0.2) is 5.17 Å². The Bertz CT molecular complexity index is 1520. The van der Waals surface area contributed by atoms with E-state index in [-0.39, 0.29) is 37.0 Å². The van der Waals surface area contributed by atoms with Crippen LogP contribution in [-0.4, -0.2) is 91.0 Å². The summed E-state index contributed by atoms with van der Waals surface area (Å²) in [5, 5.41) is 21.3. The van der Waals surface area contributed by atoms with Crippen LogP contribution in [0.3, 0.4) is 0 Å². The Labute approximate surface area is 279 Å². The zero-order valence-electron chi connectivity index (χ0n) is 26.5. The largest absolute Gasteiger partial charge is 0.573 e. The first kappa shape index (κ1) is 40.4. The zero-order valence-corrected chi connectivity index (χ0v) is 28.1. The van der Waals surface area contributed by atoms with Crippen LogP contribution >= 0.6 is 11.8 Å². The van der Waals surface area contributed by atoms with Gasteiger partial charge in [-0.2, -0.15) is 9.41 Å². The molecule has 2 aromatic carbocycles. The molecule has 2 aromatic rings. The topological polar surface area (TPSA) is 153 Å². The molecule has 0 unspecified atom stereocenters. The van der Waals surface area contributed by atoms with Crippen LogP contribution in [0.5, 0.6) is 5.75 Å². The minimum atomic E-state index is -5.00. The summed E-state index contributed by atoms with van der Waals surface area (Å²) in [6.07, 6.45) is -2.73. The minimum absolute atomic E-state index is 0.0454. The van der Waals surface area contributed by atoms with Crippen LogP contribution in [0.15, 0.2) is 63.6 Å². The zero-order chi connectivity index (χ0) is 36.1. The van der Waals surface area contributed by atoms with Crippen LogP contribution < -0.4 is 15.4 Å². The summed E-state index contributed by atoms with van der Waals surface area (Å²) in [5.74, 6) is -4.52. The van der Waals surface area contributed by atoms with E-state index in [0.717, 1.165) is 46.5 Å². The lowest BCUT2D eigenvalue weighted by Gasteiger charge is -2.39. The highest BCUT2D eigenvalue weighted by Gasteiger charge is 2.42. The highest BCUT2D eigenvalue weighted by atomic mass is 32.2. The van der Waals surface area contributed by atoms with E-state index in [4.69, 9.17) is 5.11 Å². The van der Waals surface area contributed by atoms with E-state index in [1.165, 1.54) is 36.1 Å². The van der Waals surface area contributed by atoms with Gasteiger partial charge in [0.25, 0.3) is 5.92 Å². The molecule has 19 heteroatoms. The second kappa shape index (κ2) is 18.1. The number of alkyl halides is 5. The number of hydrogen-bond acceptors (Lipinski definition) is 9. The Hall–Kier alpha value is -3.81. The number of halogens is 5. The van der Waals surface area contributed by atoms with Crippen LogP contribution in [0, 0.1) is 0 Å². The van der Waals surface area contributed by atoms with Crippen molar-refractivity contribution in [2.45, 2.75) is 57.0 Å². The van der Waals surface area contributed by atoms with Gasteiger partial charge in [-0.3, -0.25) is 10.1 Å². The Balaban J connectivity index is 0.00000392. The smallest absolute Gasteiger partial charge is 0.406 e. The molecule has 12 nitrogen and oxygen atoms in total. The quantitative estimate of drug-likeness (QED) is 0.141. The van der Waals surface area contributed by atoms with Gasteiger partial charge in [0.1, 0.15) is 11.8 Å². The number of aliphatic hydroxyl groups is 1. The van der Waals surface area contributed by atoms with E-state index < -0.39 is 63.9 Å². The standard InChI is InChI=1S/C27H31F5N6O6S2.C2H6/c1-3-26(28,29)19-6-4-18(5-7-19)16-33-23(40)22-17-37(25(41)35-24(45-2)36-34-12-15-39)13-14-38(22)46(42,43)21-10-8-20(9-11-21)44-27(30,31)32;1-2/h4-12,22,39H,3,13-17H2,1-2H3,(H,33,40)(H,35,36,41);1-2H3/b34-12+;/t22-;/m1./s1. The van der Waals surface area contributed by atoms with Gasteiger partial charge in [-0.25, -0.2) is 22.0 Å². The fraction of sp³-hybridized carbons (Fsp3) is 0.448. The maximum atomic E-state index is 14.0. The number of aliphatic hydroxyl groups excluding tert-OH is 1. The number of sulfonamides is 1. The number of ether oxygens (including phenoxy) is 1. The van der Waals surface area contributed by atoms with Gasteiger partial charge >= 0.3 is 12.4 Å². The van der Waals surface area contributed by atoms with Gasteiger partial charge < -0.3 is 20.1 Å². The maximum Gasteiger partial charge on any atom is 0.573 e. The van der Waals surface area contributed by atoms with Gasteiger partial charge in [0.2, 0.25) is 15.9 Å². The van der Waals surface area contributed by atoms with Crippen molar-refractivity contribution in [2.75, 3.05) is 32.5 Å². The second-order valence-electron chi connectivity index (χ2n) is 9.59. The summed E-state index contributed by atoms with van der Waals surface area (Å²) in [4.78, 5) is 27.2. The molecule has 1 saturated heterocycles. The molecular formula is C29H37F5N6O6S2. The Kier molecular flexibility index (Phi) is 15.2. The number of nitrogens with one attached hydrogen (secondary N) is 2. The average Bonchev–Trinajstić information content (AvgIpc) is 3.07. The summed E-state index contributed by atoms with van der Waals surface area (Å²) in [6.45, 7) is 3.80. The molecule has 0 radical (unpaired) electrons. The number of benzene rings is 2. The van der Waals surface area contributed by atoms with Gasteiger partial charge in [0, 0.05) is 38.2 Å². The lowest BCUT2D eigenvalue weighted by atomic mass is 10.0. The van der Waals surface area contributed by atoms with Gasteiger partial charge in [0.05, 0.1) is 17.7 Å². The van der Waals surface area contributed by atoms with Crippen molar-refractivity contribution in [1.82, 2.24) is 19.8 Å². The molecule has 1 heterocycles. The lowest BCUT2D eigenvalue weighted by molar-refractivity contribution is -0.274. The first-order valence-corrected chi connectivity index (χ1v) is 17.2.